The van der Waals surface area contributed by atoms with E-state index in [1.165, 1.54) is 6.42 Å². The van der Waals surface area contributed by atoms with Gasteiger partial charge in [-0.15, -0.1) is 0 Å². The third-order valence-corrected chi connectivity index (χ3v) is 2.82. The van der Waals surface area contributed by atoms with Gasteiger partial charge in [0.1, 0.15) is 0 Å². The normalized spacial score (nSPS) is 35.3. The Balaban J connectivity index is 2.35. The van der Waals surface area contributed by atoms with Crippen LogP contribution in [0.15, 0.2) is 0 Å². The maximum atomic E-state index is 9.53. The second-order valence-electron chi connectivity index (χ2n) is 4.88. The van der Waals surface area contributed by atoms with Gasteiger partial charge in [-0.3, -0.25) is 0 Å². The molecular weight excluding hydrogens is 164 g/mol. The van der Waals surface area contributed by atoms with Crippen LogP contribution in [0.1, 0.15) is 46.5 Å². The third kappa shape index (κ3) is 3.65. The monoisotopic (exact) mass is 186 g/mol. The SMILES string of the molecule is CC(C)CCC1(C)CC(O)CCO1. The van der Waals surface area contributed by atoms with Crippen LogP contribution in [0.25, 0.3) is 0 Å². The predicted octanol–water partition coefficient (Wildman–Crippen LogP) is 2.35. The van der Waals surface area contributed by atoms with Crippen molar-refractivity contribution in [3.8, 4) is 0 Å². The largest absolute Gasteiger partial charge is 0.393 e. The highest BCUT2D eigenvalue weighted by molar-refractivity contribution is 4.82. The van der Waals surface area contributed by atoms with E-state index in [1.54, 1.807) is 0 Å². The van der Waals surface area contributed by atoms with E-state index in [-0.39, 0.29) is 11.7 Å². The molecule has 2 unspecified atom stereocenters. The van der Waals surface area contributed by atoms with Crippen LogP contribution in [0.4, 0.5) is 0 Å². The van der Waals surface area contributed by atoms with E-state index >= 15 is 0 Å². The first-order chi connectivity index (χ1) is 6.02. The standard InChI is InChI=1S/C11H22O2/c1-9(2)4-6-11(3)8-10(12)5-7-13-11/h9-10,12H,4-8H2,1-3H3. The molecule has 1 heterocycles. The van der Waals surface area contributed by atoms with E-state index < -0.39 is 0 Å². The molecule has 0 saturated carbocycles. The van der Waals surface area contributed by atoms with Crippen molar-refractivity contribution in [1.82, 2.24) is 0 Å². The number of hydrogen-bond donors (Lipinski definition) is 1. The topological polar surface area (TPSA) is 29.5 Å². The number of rotatable bonds is 3. The first kappa shape index (κ1) is 11.0. The predicted molar refractivity (Wildman–Crippen MR) is 53.7 cm³/mol. The minimum Gasteiger partial charge on any atom is -0.393 e. The number of aliphatic hydroxyl groups is 1. The highest BCUT2D eigenvalue weighted by Gasteiger charge is 2.31. The van der Waals surface area contributed by atoms with Crippen molar-refractivity contribution < 1.29 is 9.84 Å². The molecular formula is C11H22O2. The first-order valence-corrected chi connectivity index (χ1v) is 5.34. The second kappa shape index (κ2) is 4.43. The highest BCUT2D eigenvalue weighted by atomic mass is 16.5. The maximum Gasteiger partial charge on any atom is 0.0679 e. The Hall–Kier alpha value is -0.0800. The van der Waals surface area contributed by atoms with Crippen LogP contribution in [0, 0.1) is 5.92 Å². The summed E-state index contributed by atoms with van der Waals surface area (Å²) in [5.74, 6) is 0.722. The summed E-state index contributed by atoms with van der Waals surface area (Å²) in [5, 5.41) is 9.53. The van der Waals surface area contributed by atoms with Crippen molar-refractivity contribution >= 4 is 0 Å². The second-order valence-corrected chi connectivity index (χ2v) is 4.88. The van der Waals surface area contributed by atoms with E-state index in [9.17, 15) is 5.11 Å². The van der Waals surface area contributed by atoms with Gasteiger partial charge >= 0.3 is 0 Å². The van der Waals surface area contributed by atoms with E-state index in [2.05, 4.69) is 20.8 Å². The Morgan fingerprint density at radius 2 is 2.23 bits per heavy atom. The van der Waals surface area contributed by atoms with Crippen LogP contribution in [0.5, 0.6) is 0 Å². The molecule has 1 aliphatic rings. The zero-order valence-corrected chi connectivity index (χ0v) is 9.05. The van der Waals surface area contributed by atoms with Crippen molar-refractivity contribution in [3.05, 3.63) is 0 Å². The molecule has 2 atom stereocenters. The lowest BCUT2D eigenvalue weighted by Gasteiger charge is -2.37. The molecule has 1 aliphatic heterocycles. The molecule has 0 aromatic heterocycles. The number of ether oxygens (including phenoxy) is 1. The van der Waals surface area contributed by atoms with Gasteiger partial charge in [0.15, 0.2) is 0 Å². The van der Waals surface area contributed by atoms with Crippen molar-refractivity contribution in [2.24, 2.45) is 5.92 Å². The van der Waals surface area contributed by atoms with Gasteiger partial charge in [-0.2, -0.15) is 0 Å². The molecule has 2 nitrogen and oxygen atoms in total. The van der Waals surface area contributed by atoms with Crippen molar-refractivity contribution in [2.75, 3.05) is 6.61 Å². The summed E-state index contributed by atoms with van der Waals surface area (Å²) in [7, 11) is 0. The van der Waals surface area contributed by atoms with Crippen molar-refractivity contribution in [1.29, 1.82) is 0 Å². The molecule has 13 heavy (non-hydrogen) atoms. The van der Waals surface area contributed by atoms with Crippen molar-refractivity contribution in [3.63, 3.8) is 0 Å². The van der Waals surface area contributed by atoms with Crippen molar-refractivity contribution in [2.45, 2.75) is 58.2 Å². The summed E-state index contributed by atoms with van der Waals surface area (Å²) < 4.78 is 5.73. The molecule has 0 radical (unpaired) electrons. The average molecular weight is 186 g/mol. The lowest BCUT2D eigenvalue weighted by Crippen LogP contribution is -2.39. The van der Waals surface area contributed by atoms with E-state index in [4.69, 9.17) is 4.74 Å². The zero-order valence-electron chi connectivity index (χ0n) is 9.05. The van der Waals surface area contributed by atoms with Gasteiger partial charge in [0, 0.05) is 13.0 Å². The molecule has 0 spiro atoms. The van der Waals surface area contributed by atoms with E-state index in [0.717, 1.165) is 31.8 Å². The Morgan fingerprint density at radius 3 is 2.77 bits per heavy atom. The fraction of sp³-hybridized carbons (Fsp3) is 1.00. The number of hydrogen-bond acceptors (Lipinski definition) is 2. The van der Waals surface area contributed by atoms with Crippen LogP contribution < -0.4 is 0 Å². The Labute approximate surface area is 81.3 Å². The molecule has 0 aromatic rings. The first-order valence-electron chi connectivity index (χ1n) is 5.34. The van der Waals surface area contributed by atoms with Gasteiger partial charge in [0.25, 0.3) is 0 Å². The average Bonchev–Trinajstić information content (AvgIpc) is 2.01. The van der Waals surface area contributed by atoms with E-state index in [1.807, 2.05) is 0 Å². The maximum absolute atomic E-state index is 9.53. The molecule has 0 aromatic carbocycles. The summed E-state index contributed by atoms with van der Waals surface area (Å²) in [6.07, 6.45) is 3.72. The van der Waals surface area contributed by atoms with Gasteiger partial charge in [0.05, 0.1) is 11.7 Å². The molecule has 1 saturated heterocycles. The Bertz CT molecular complexity index is 156. The molecule has 2 heteroatoms. The van der Waals surface area contributed by atoms with Gasteiger partial charge in [0.2, 0.25) is 0 Å². The van der Waals surface area contributed by atoms with Gasteiger partial charge in [-0.05, 0) is 32.1 Å². The summed E-state index contributed by atoms with van der Waals surface area (Å²) in [6.45, 7) is 7.29. The molecule has 78 valence electrons. The van der Waals surface area contributed by atoms with Crippen LogP contribution in [-0.2, 0) is 4.74 Å². The fourth-order valence-electron chi connectivity index (χ4n) is 1.87. The summed E-state index contributed by atoms with van der Waals surface area (Å²) in [5.41, 5.74) is -0.0675. The van der Waals surface area contributed by atoms with Gasteiger partial charge in [-0.1, -0.05) is 13.8 Å². The zero-order chi connectivity index (χ0) is 9.90. The minimum absolute atomic E-state index is 0.0675. The molecule has 1 fully saturated rings. The van der Waals surface area contributed by atoms with Crippen LogP contribution in [0.2, 0.25) is 0 Å². The van der Waals surface area contributed by atoms with Gasteiger partial charge in [-0.25, -0.2) is 0 Å². The van der Waals surface area contributed by atoms with Gasteiger partial charge < -0.3 is 9.84 Å². The Kier molecular flexibility index (Phi) is 3.74. The molecule has 1 N–H and O–H groups in total. The van der Waals surface area contributed by atoms with Crippen LogP contribution >= 0.6 is 0 Å². The Morgan fingerprint density at radius 1 is 1.54 bits per heavy atom. The molecule has 0 amide bonds. The van der Waals surface area contributed by atoms with Crippen LogP contribution in [0.3, 0.4) is 0 Å². The quantitative estimate of drug-likeness (QED) is 0.733. The minimum atomic E-state index is -0.147. The lowest BCUT2D eigenvalue weighted by atomic mass is 9.87. The van der Waals surface area contributed by atoms with E-state index in [0.29, 0.717) is 0 Å². The molecule has 1 rings (SSSR count). The highest BCUT2D eigenvalue weighted by Crippen LogP contribution is 2.30. The summed E-state index contributed by atoms with van der Waals surface area (Å²) in [6, 6.07) is 0. The smallest absolute Gasteiger partial charge is 0.0679 e. The number of aliphatic hydroxyl groups excluding tert-OH is 1. The lowest BCUT2D eigenvalue weighted by molar-refractivity contribution is -0.113. The summed E-state index contributed by atoms with van der Waals surface area (Å²) >= 11 is 0. The third-order valence-electron chi connectivity index (χ3n) is 2.82. The molecule has 0 aliphatic carbocycles. The summed E-state index contributed by atoms with van der Waals surface area (Å²) in [4.78, 5) is 0. The van der Waals surface area contributed by atoms with Crippen LogP contribution in [-0.4, -0.2) is 23.4 Å². The fourth-order valence-corrected chi connectivity index (χ4v) is 1.87. The molecule has 0 bridgehead atoms.